The Balaban J connectivity index is 3.19. The molecule has 0 aliphatic rings. The molecule has 0 radical (unpaired) electrons. The average molecular weight is 143 g/mol. The molecule has 3 heteroatoms. The second-order valence-electron chi connectivity index (χ2n) is 2.41. The fraction of sp³-hybridized carbons (Fsp3) is 0.714. The third-order valence-electron chi connectivity index (χ3n) is 1.40. The molecule has 3 nitrogen and oxygen atoms in total. The van der Waals surface area contributed by atoms with Crippen LogP contribution in [0.2, 0.25) is 0 Å². The van der Waals surface area contributed by atoms with E-state index in [0.717, 1.165) is 6.42 Å². The number of nitrogens with zero attached hydrogens (tertiary/aromatic N) is 1. The van der Waals surface area contributed by atoms with Crippen LogP contribution in [0, 0.1) is 16.0 Å². The van der Waals surface area contributed by atoms with Gasteiger partial charge in [-0.25, -0.2) is 0 Å². The molecule has 58 valence electrons. The van der Waals surface area contributed by atoms with Crippen molar-refractivity contribution in [2.45, 2.75) is 19.8 Å². The smallest absolute Gasteiger partial charge is 0.203 e. The van der Waals surface area contributed by atoms with Crippen molar-refractivity contribution in [2.24, 2.45) is 5.92 Å². The van der Waals surface area contributed by atoms with Crippen molar-refractivity contribution >= 4 is 0 Å². The molecule has 1 atom stereocenters. The summed E-state index contributed by atoms with van der Waals surface area (Å²) in [6.45, 7) is 5.68. The summed E-state index contributed by atoms with van der Waals surface area (Å²) in [5, 5.41) is 9.85. The van der Waals surface area contributed by atoms with Crippen LogP contribution in [0.15, 0.2) is 12.7 Å². The van der Waals surface area contributed by atoms with Crippen LogP contribution in [0.25, 0.3) is 0 Å². The summed E-state index contributed by atoms with van der Waals surface area (Å²) in [6.07, 6.45) is 3.34. The van der Waals surface area contributed by atoms with Crippen LogP contribution in [-0.2, 0) is 0 Å². The summed E-state index contributed by atoms with van der Waals surface area (Å²) in [5.74, 6) is 0.403. The molecule has 0 saturated carbocycles. The van der Waals surface area contributed by atoms with E-state index in [0.29, 0.717) is 12.3 Å². The first kappa shape index (κ1) is 9.14. The van der Waals surface area contributed by atoms with Crippen LogP contribution in [0.5, 0.6) is 0 Å². The van der Waals surface area contributed by atoms with Gasteiger partial charge >= 0.3 is 0 Å². The van der Waals surface area contributed by atoms with E-state index in [1.54, 1.807) is 0 Å². The van der Waals surface area contributed by atoms with Crippen LogP contribution >= 0.6 is 0 Å². The van der Waals surface area contributed by atoms with Crippen LogP contribution in [0.3, 0.4) is 0 Å². The van der Waals surface area contributed by atoms with Crippen LogP contribution in [0.1, 0.15) is 19.8 Å². The van der Waals surface area contributed by atoms with Gasteiger partial charge in [0.15, 0.2) is 0 Å². The molecule has 0 aromatic heterocycles. The highest BCUT2D eigenvalue weighted by molar-refractivity contribution is 4.74. The van der Waals surface area contributed by atoms with Gasteiger partial charge < -0.3 is 0 Å². The maximum Gasteiger partial charge on any atom is 0.203 e. The number of allylic oxidation sites excluding steroid dienone is 1. The third-order valence-corrected chi connectivity index (χ3v) is 1.40. The standard InChI is InChI=1S/C7H13NO2/c1-3-7(2)5-4-6-8(9)10/h3,7H,1,4-6H2,2H3/t7-/m1/s1. The molecule has 0 aromatic rings. The van der Waals surface area contributed by atoms with Gasteiger partial charge in [-0.1, -0.05) is 13.0 Å². The Labute approximate surface area is 60.9 Å². The highest BCUT2D eigenvalue weighted by Gasteiger charge is 1.99. The Hall–Kier alpha value is -0.860. The molecule has 0 rings (SSSR count). The Kier molecular flexibility index (Phi) is 4.54. The lowest BCUT2D eigenvalue weighted by molar-refractivity contribution is -0.480. The molecular formula is C7H13NO2. The SMILES string of the molecule is C=C[C@@H](C)CCC[N+](=O)[O-]. The third kappa shape index (κ3) is 5.28. The fourth-order valence-corrected chi connectivity index (χ4v) is 0.660. The van der Waals surface area contributed by atoms with Gasteiger partial charge in [0.2, 0.25) is 6.54 Å². The van der Waals surface area contributed by atoms with E-state index in [1.165, 1.54) is 0 Å². The molecule has 0 aliphatic heterocycles. The Bertz CT molecular complexity index is 123. The zero-order chi connectivity index (χ0) is 7.98. The van der Waals surface area contributed by atoms with Crippen molar-refractivity contribution in [3.05, 3.63) is 22.8 Å². The van der Waals surface area contributed by atoms with Gasteiger partial charge in [0.1, 0.15) is 0 Å². The number of hydrogen-bond acceptors (Lipinski definition) is 2. The molecule has 0 N–H and O–H groups in total. The zero-order valence-corrected chi connectivity index (χ0v) is 6.25. The van der Waals surface area contributed by atoms with Crippen LogP contribution < -0.4 is 0 Å². The summed E-state index contributed by atoms with van der Waals surface area (Å²) in [4.78, 5) is 9.57. The Morgan fingerprint density at radius 3 is 2.80 bits per heavy atom. The zero-order valence-electron chi connectivity index (χ0n) is 6.25. The van der Waals surface area contributed by atoms with E-state index in [9.17, 15) is 10.1 Å². The first-order valence-electron chi connectivity index (χ1n) is 3.41. The number of nitro groups is 1. The topological polar surface area (TPSA) is 43.1 Å². The molecule has 0 spiro atoms. The number of rotatable bonds is 5. The molecule has 0 aliphatic carbocycles. The summed E-state index contributed by atoms with van der Waals surface area (Å²) < 4.78 is 0. The first-order valence-corrected chi connectivity index (χ1v) is 3.41. The summed E-state index contributed by atoms with van der Waals surface area (Å²) in [7, 11) is 0. The lowest BCUT2D eigenvalue weighted by Gasteiger charge is -2.00. The molecule has 0 aromatic carbocycles. The van der Waals surface area contributed by atoms with E-state index >= 15 is 0 Å². The second-order valence-corrected chi connectivity index (χ2v) is 2.41. The monoisotopic (exact) mass is 143 g/mol. The minimum Gasteiger partial charge on any atom is -0.265 e. The maximum atomic E-state index is 9.85. The van der Waals surface area contributed by atoms with Crippen molar-refractivity contribution in [1.82, 2.24) is 0 Å². The molecule has 10 heavy (non-hydrogen) atoms. The quantitative estimate of drug-likeness (QED) is 0.335. The second kappa shape index (κ2) is 4.97. The predicted octanol–water partition coefficient (Wildman–Crippen LogP) is 1.87. The Morgan fingerprint density at radius 1 is 1.80 bits per heavy atom. The molecule has 0 unspecified atom stereocenters. The van der Waals surface area contributed by atoms with Gasteiger partial charge in [-0.2, -0.15) is 0 Å². The lowest BCUT2D eigenvalue weighted by atomic mass is 10.1. The van der Waals surface area contributed by atoms with Crippen LogP contribution in [-0.4, -0.2) is 11.5 Å². The molecular weight excluding hydrogens is 130 g/mol. The van der Waals surface area contributed by atoms with E-state index in [2.05, 4.69) is 6.58 Å². The van der Waals surface area contributed by atoms with Gasteiger partial charge in [0.05, 0.1) is 0 Å². The van der Waals surface area contributed by atoms with Crippen molar-refractivity contribution < 1.29 is 4.92 Å². The van der Waals surface area contributed by atoms with Gasteiger partial charge in [-0.15, -0.1) is 6.58 Å². The lowest BCUT2D eigenvalue weighted by Crippen LogP contribution is -2.02. The molecule has 0 fully saturated rings. The van der Waals surface area contributed by atoms with Gasteiger partial charge in [0, 0.05) is 11.3 Å². The van der Waals surface area contributed by atoms with Gasteiger partial charge in [0.25, 0.3) is 0 Å². The van der Waals surface area contributed by atoms with E-state index in [-0.39, 0.29) is 11.5 Å². The van der Waals surface area contributed by atoms with Crippen molar-refractivity contribution in [2.75, 3.05) is 6.54 Å². The minimum absolute atomic E-state index is 0.0815. The summed E-state index contributed by atoms with van der Waals surface area (Å²) in [6, 6.07) is 0. The maximum absolute atomic E-state index is 9.85. The van der Waals surface area contributed by atoms with Crippen molar-refractivity contribution in [1.29, 1.82) is 0 Å². The van der Waals surface area contributed by atoms with Crippen LogP contribution in [0.4, 0.5) is 0 Å². The first-order chi connectivity index (χ1) is 4.66. The molecule has 0 bridgehead atoms. The predicted molar refractivity (Wildman–Crippen MR) is 40.5 cm³/mol. The van der Waals surface area contributed by atoms with Gasteiger partial charge in [-0.3, -0.25) is 10.1 Å². The van der Waals surface area contributed by atoms with E-state index in [4.69, 9.17) is 0 Å². The number of hydrogen-bond donors (Lipinski definition) is 0. The highest BCUT2D eigenvalue weighted by Crippen LogP contribution is 2.04. The highest BCUT2D eigenvalue weighted by atomic mass is 16.6. The molecule has 0 heterocycles. The van der Waals surface area contributed by atoms with Gasteiger partial charge in [-0.05, 0) is 12.3 Å². The minimum atomic E-state index is -0.282. The van der Waals surface area contributed by atoms with E-state index in [1.807, 2.05) is 13.0 Å². The summed E-state index contributed by atoms with van der Waals surface area (Å²) >= 11 is 0. The fourth-order valence-electron chi connectivity index (χ4n) is 0.660. The van der Waals surface area contributed by atoms with E-state index < -0.39 is 0 Å². The largest absolute Gasteiger partial charge is 0.265 e. The van der Waals surface area contributed by atoms with Crippen molar-refractivity contribution in [3.8, 4) is 0 Å². The normalized spacial score (nSPS) is 12.5. The van der Waals surface area contributed by atoms with Crippen molar-refractivity contribution in [3.63, 3.8) is 0 Å². The summed E-state index contributed by atoms with van der Waals surface area (Å²) in [5.41, 5.74) is 0. The molecule has 0 amide bonds. The molecule has 0 saturated heterocycles. The Morgan fingerprint density at radius 2 is 2.40 bits per heavy atom. The average Bonchev–Trinajstić information content (AvgIpc) is 1.87.